The summed E-state index contributed by atoms with van der Waals surface area (Å²) in [5, 5.41) is 0. The number of nitrogens with two attached hydrogens (primary N) is 1. The highest BCUT2D eigenvalue weighted by Crippen LogP contribution is 2.30. The van der Waals surface area contributed by atoms with Crippen LogP contribution in [0, 0.1) is 0 Å². The van der Waals surface area contributed by atoms with Crippen molar-refractivity contribution in [3.05, 3.63) is 35.9 Å². The van der Waals surface area contributed by atoms with Crippen LogP contribution in [0.1, 0.15) is 17.9 Å². The molecule has 80 valence electrons. The van der Waals surface area contributed by atoms with E-state index in [0.29, 0.717) is 6.61 Å². The van der Waals surface area contributed by atoms with Crippen LogP contribution in [0.4, 0.5) is 0 Å². The molecule has 0 spiro atoms. The Bertz CT molecular complexity index is 340. The maximum absolute atomic E-state index is 11.4. The van der Waals surface area contributed by atoms with Gasteiger partial charge in [-0.2, -0.15) is 0 Å². The van der Waals surface area contributed by atoms with Crippen molar-refractivity contribution in [3.8, 4) is 0 Å². The smallest absolute Gasteiger partial charge is 0.263 e. The van der Waals surface area contributed by atoms with Gasteiger partial charge in [0.05, 0.1) is 0 Å². The normalized spacial score (nSPS) is 25.1. The summed E-state index contributed by atoms with van der Waals surface area (Å²) >= 11 is 0. The lowest BCUT2D eigenvalue weighted by molar-refractivity contribution is -0.130. The Morgan fingerprint density at radius 3 is 2.80 bits per heavy atom. The van der Waals surface area contributed by atoms with Crippen molar-refractivity contribution in [1.29, 1.82) is 0 Å². The molecular formula is C11H14N2O2. The monoisotopic (exact) mass is 206 g/mol. The fourth-order valence-corrected chi connectivity index (χ4v) is 1.97. The molecule has 0 bridgehead atoms. The molecule has 1 aromatic carbocycles. The highest BCUT2D eigenvalue weighted by atomic mass is 16.5. The van der Waals surface area contributed by atoms with Crippen LogP contribution in [0.5, 0.6) is 0 Å². The molecule has 0 aromatic heterocycles. The number of carbonyl (C=O) groups excluding carboxylic acids is 1. The van der Waals surface area contributed by atoms with E-state index >= 15 is 0 Å². The van der Waals surface area contributed by atoms with Gasteiger partial charge in [0.2, 0.25) is 0 Å². The van der Waals surface area contributed by atoms with Crippen molar-refractivity contribution < 1.29 is 9.53 Å². The van der Waals surface area contributed by atoms with Gasteiger partial charge in [-0.15, -0.1) is 0 Å². The van der Waals surface area contributed by atoms with Gasteiger partial charge in [-0.3, -0.25) is 10.2 Å². The van der Waals surface area contributed by atoms with E-state index in [9.17, 15) is 4.79 Å². The largest absolute Gasteiger partial charge is 0.368 e. The van der Waals surface area contributed by atoms with Crippen molar-refractivity contribution >= 4 is 5.91 Å². The molecule has 1 amide bonds. The fourth-order valence-electron chi connectivity index (χ4n) is 1.97. The summed E-state index contributed by atoms with van der Waals surface area (Å²) in [5.41, 5.74) is 3.27. The Hall–Kier alpha value is -1.39. The van der Waals surface area contributed by atoms with Crippen molar-refractivity contribution in [2.45, 2.75) is 18.4 Å². The minimum absolute atomic E-state index is 0.120. The van der Waals surface area contributed by atoms with Gasteiger partial charge >= 0.3 is 0 Å². The maximum Gasteiger partial charge on any atom is 0.263 e. The highest BCUT2D eigenvalue weighted by Gasteiger charge is 2.34. The van der Waals surface area contributed by atoms with Crippen LogP contribution in [-0.2, 0) is 9.53 Å². The van der Waals surface area contributed by atoms with Crippen LogP contribution in [0.15, 0.2) is 30.3 Å². The van der Waals surface area contributed by atoms with Crippen LogP contribution in [-0.4, -0.2) is 18.6 Å². The number of benzene rings is 1. The van der Waals surface area contributed by atoms with Crippen LogP contribution in [0.25, 0.3) is 0 Å². The van der Waals surface area contributed by atoms with Gasteiger partial charge in [0.15, 0.2) is 0 Å². The number of ether oxygens (including phenoxy) is 1. The van der Waals surface area contributed by atoms with E-state index in [4.69, 9.17) is 10.6 Å². The van der Waals surface area contributed by atoms with Crippen molar-refractivity contribution in [3.63, 3.8) is 0 Å². The van der Waals surface area contributed by atoms with Crippen molar-refractivity contribution in [2.75, 3.05) is 6.61 Å². The van der Waals surface area contributed by atoms with Crippen LogP contribution < -0.4 is 11.3 Å². The van der Waals surface area contributed by atoms with Gasteiger partial charge in [0.1, 0.15) is 6.10 Å². The second kappa shape index (κ2) is 4.42. The lowest BCUT2D eigenvalue weighted by Crippen LogP contribution is -2.41. The van der Waals surface area contributed by atoms with Crippen LogP contribution in [0.2, 0.25) is 0 Å². The number of nitrogens with one attached hydrogen (secondary N) is 1. The number of amides is 1. The minimum atomic E-state index is -0.447. The van der Waals surface area contributed by atoms with Gasteiger partial charge in [0, 0.05) is 12.5 Å². The molecule has 0 radical (unpaired) electrons. The molecule has 2 rings (SSSR count). The number of hydrogen-bond acceptors (Lipinski definition) is 3. The molecule has 4 nitrogen and oxygen atoms in total. The van der Waals surface area contributed by atoms with Crippen molar-refractivity contribution in [2.24, 2.45) is 5.84 Å². The average molecular weight is 206 g/mol. The molecule has 3 N–H and O–H groups in total. The summed E-state index contributed by atoms with van der Waals surface area (Å²) in [6.07, 6.45) is 0.416. The van der Waals surface area contributed by atoms with E-state index in [1.165, 1.54) is 0 Å². The zero-order chi connectivity index (χ0) is 10.7. The van der Waals surface area contributed by atoms with Gasteiger partial charge in [-0.25, -0.2) is 5.84 Å². The predicted molar refractivity (Wildman–Crippen MR) is 55.9 cm³/mol. The fraction of sp³-hybridized carbons (Fsp3) is 0.364. The summed E-state index contributed by atoms with van der Waals surface area (Å²) < 4.78 is 5.38. The van der Waals surface area contributed by atoms with Gasteiger partial charge in [-0.05, 0) is 12.0 Å². The van der Waals surface area contributed by atoms with Gasteiger partial charge in [0.25, 0.3) is 5.91 Å². The zero-order valence-corrected chi connectivity index (χ0v) is 8.35. The van der Waals surface area contributed by atoms with Crippen molar-refractivity contribution in [1.82, 2.24) is 5.43 Å². The van der Waals surface area contributed by atoms with Crippen LogP contribution >= 0.6 is 0 Å². The molecule has 2 unspecified atom stereocenters. The van der Waals surface area contributed by atoms with E-state index in [1.54, 1.807) is 0 Å². The highest BCUT2D eigenvalue weighted by molar-refractivity contribution is 5.81. The molecule has 0 saturated carbocycles. The van der Waals surface area contributed by atoms with E-state index in [1.807, 2.05) is 30.3 Å². The quantitative estimate of drug-likeness (QED) is 0.422. The Kier molecular flexibility index (Phi) is 2.99. The number of hydrogen-bond donors (Lipinski definition) is 2. The Morgan fingerprint density at radius 2 is 2.13 bits per heavy atom. The SMILES string of the molecule is NNC(=O)C1OCCC1c1ccccc1. The standard InChI is InChI=1S/C11H14N2O2/c12-13-11(14)10-9(6-7-15-10)8-4-2-1-3-5-8/h1-5,9-10H,6-7,12H2,(H,13,14). The lowest BCUT2D eigenvalue weighted by atomic mass is 9.92. The first-order valence-electron chi connectivity index (χ1n) is 5.00. The molecule has 1 aliphatic heterocycles. The zero-order valence-electron chi connectivity index (χ0n) is 8.35. The number of rotatable bonds is 2. The Morgan fingerprint density at radius 1 is 1.40 bits per heavy atom. The summed E-state index contributed by atoms with van der Waals surface area (Å²) in [6.45, 7) is 0.609. The average Bonchev–Trinajstić information content (AvgIpc) is 2.78. The second-order valence-electron chi connectivity index (χ2n) is 3.61. The summed E-state index contributed by atoms with van der Waals surface area (Å²) in [5.74, 6) is 4.98. The third-order valence-corrected chi connectivity index (χ3v) is 2.72. The van der Waals surface area contributed by atoms with Gasteiger partial charge < -0.3 is 4.74 Å². The third-order valence-electron chi connectivity index (χ3n) is 2.72. The molecule has 15 heavy (non-hydrogen) atoms. The van der Waals surface area contributed by atoms with Crippen LogP contribution in [0.3, 0.4) is 0 Å². The molecule has 0 aliphatic carbocycles. The van der Waals surface area contributed by atoms with E-state index in [-0.39, 0.29) is 11.8 Å². The molecule has 1 aliphatic rings. The summed E-state index contributed by atoms with van der Waals surface area (Å²) in [4.78, 5) is 11.4. The predicted octanol–water partition coefficient (Wildman–Crippen LogP) is 0.549. The first kappa shape index (κ1) is 10.1. The Balaban J connectivity index is 2.18. The molecule has 2 atom stereocenters. The molecule has 1 saturated heterocycles. The Labute approximate surface area is 88.4 Å². The lowest BCUT2D eigenvalue weighted by Gasteiger charge is -2.16. The van der Waals surface area contributed by atoms with E-state index < -0.39 is 6.10 Å². The molecule has 4 heteroatoms. The summed E-state index contributed by atoms with van der Waals surface area (Å²) in [6, 6.07) is 9.90. The number of hydrazine groups is 1. The topological polar surface area (TPSA) is 64.3 Å². The number of carbonyl (C=O) groups is 1. The van der Waals surface area contributed by atoms with E-state index in [2.05, 4.69) is 5.43 Å². The molecule has 1 heterocycles. The first-order valence-corrected chi connectivity index (χ1v) is 5.00. The maximum atomic E-state index is 11.4. The molecular weight excluding hydrogens is 192 g/mol. The van der Waals surface area contributed by atoms with E-state index in [0.717, 1.165) is 12.0 Å². The molecule has 1 fully saturated rings. The minimum Gasteiger partial charge on any atom is -0.368 e. The second-order valence-corrected chi connectivity index (χ2v) is 3.61. The van der Waals surface area contributed by atoms with Gasteiger partial charge in [-0.1, -0.05) is 30.3 Å². The summed E-state index contributed by atoms with van der Waals surface area (Å²) in [7, 11) is 0. The third kappa shape index (κ3) is 2.00. The first-order chi connectivity index (χ1) is 7.33. The molecule has 1 aromatic rings.